The molecule has 0 radical (unpaired) electrons. The summed E-state index contributed by atoms with van der Waals surface area (Å²) in [6.45, 7) is -0.583. The zero-order valence-corrected chi connectivity index (χ0v) is 10.9. The molecule has 1 aliphatic rings. The van der Waals surface area contributed by atoms with Crippen molar-refractivity contribution in [3.8, 4) is 5.75 Å². The molecule has 1 unspecified atom stereocenters. The van der Waals surface area contributed by atoms with Gasteiger partial charge in [0, 0.05) is 6.07 Å². The maximum absolute atomic E-state index is 10.9. The number of hydrogen-bond acceptors (Lipinski definition) is 9. The van der Waals surface area contributed by atoms with Gasteiger partial charge in [-0.3, -0.25) is 20.2 Å². The van der Waals surface area contributed by atoms with Crippen molar-refractivity contribution in [2.75, 3.05) is 6.61 Å². The summed E-state index contributed by atoms with van der Waals surface area (Å²) in [6.07, 6.45) is -5.51. The molecule has 0 bridgehead atoms. The summed E-state index contributed by atoms with van der Waals surface area (Å²) in [5, 5.41) is 49.8. The topological polar surface area (TPSA) is 165 Å². The lowest BCUT2D eigenvalue weighted by Gasteiger charge is -2.16. The highest BCUT2D eigenvalue weighted by Crippen LogP contribution is 2.34. The predicted octanol–water partition coefficient (Wildman–Crippen LogP) is -0.679. The minimum Gasteiger partial charge on any atom is -0.455 e. The molecule has 120 valence electrons. The van der Waals surface area contributed by atoms with Gasteiger partial charge in [0.15, 0.2) is 0 Å². The van der Waals surface area contributed by atoms with Crippen molar-refractivity contribution in [3.63, 3.8) is 0 Å². The molecule has 2 rings (SSSR count). The van der Waals surface area contributed by atoms with Crippen molar-refractivity contribution in [3.05, 3.63) is 38.4 Å². The zero-order valence-electron chi connectivity index (χ0n) is 10.9. The number of nitro groups is 2. The molecule has 1 aliphatic heterocycles. The number of aliphatic hydroxyl groups is 3. The Kier molecular flexibility index (Phi) is 4.51. The SMILES string of the molecule is O=[N+]([O-])c1ccc(O[C@H]2O[C@@H](CO)C(O)[C@@H]2O)c([N+](=O)[O-])c1. The quantitative estimate of drug-likeness (QED) is 0.471. The Bertz CT molecular complexity index is 593. The summed E-state index contributed by atoms with van der Waals surface area (Å²) in [5.74, 6) is -0.370. The van der Waals surface area contributed by atoms with E-state index in [0.717, 1.165) is 12.1 Å². The first-order valence-electron chi connectivity index (χ1n) is 6.07. The molecule has 0 amide bonds. The standard InChI is InChI=1S/C11H12N2O9/c14-4-8-9(15)10(16)11(22-8)21-7-2-1-5(12(17)18)3-6(7)13(19)20/h1-3,8-11,14-16H,4H2/t8-,9?,10-,11-/m0/s1. The summed E-state index contributed by atoms with van der Waals surface area (Å²) in [6, 6.07) is 2.69. The predicted molar refractivity (Wildman–Crippen MR) is 68.1 cm³/mol. The van der Waals surface area contributed by atoms with Crippen LogP contribution in [0.4, 0.5) is 11.4 Å². The van der Waals surface area contributed by atoms with Crippen LogP contribution < -0.4 is 4.74 Å². The summed E-state index contributed by atoms with van der Waals surface area (Å²) in [4.78, 5) is 19.9. The maximum Gasteiger partial charge on any atom is 0.317 e. The lowest BCUT2D eigenvalue weighted by molar-refractivity contribution is -0.395. The first kappa shape index (κ1) is 16.0. The molecular formula is C11H12N2O9. The minimum atomic E-state index is -1.54. The minimum absolute atomic E-state index is 0.370. The first-order chi connectivity index (χ1) is 10.3. The number of ether oxygens (including phenoxy) is 2. The van der Waals surface area contributed by atoms with Crippen molar-refractivity contribution in [1.82, 2.24) is 0 Å². The van der Waals surface area contributed by atoms with Gasteiger partial charge in [0.1, 0.15) is 18.3 Å². The molecule has 1 aromatic rings. The highest BCUT2D eigenvalue weighted by Gasteiger charge is 2.44. The van der Waals surface area contributed by atoms with Crippen LogP contribution in [0, 0.1) is 20.2 Å². The second-order valence-corrected chi connectivity index (χ2v) is 4.49. The van der Waals surface area contributed by atoms with Gasteiger partial charge in [0.2, 0.25) is 12.0 Å². The second kappa shape index (κ2) is 6.19. The third-order valence-corrected chi connectivity index (χ3v) is 3.09. The van der Waals surface area contributed by atoms with Crippen molar-refractivity contribution in [1.29, 1.82) is 0 Å². The van der Waals surface area contributed by atoms with Crippen LogP contribution in [-0.4, -0.2) is 56.4 Å². The van der Waals surface area contributed by atoms with Gasteiger partial charge in [-0.25, -0.2) is 0 Å². The van der Waals surface area contributed by atoms with Crippen LogP contribution in [0.25, 0.3) is 0 Å². The van der Waals surface area contributed by atoms with Crippen molar-refractivity contribution < 1.29 is 34.6 Å². The van der Waals surface area contributed by atoms with Crippen LogP contribution in [0.3, 0.4) is 0 Å². The molecule has 1 saturated heterocycles. The Balaban J connectivity index is 2.26. The molecule has 22 heavy (non-hydrogen) atoms. The number of non-ortho nitro benzene ring substituents is 1. The van der Waals surface area contributed by atoms with Crippen molar-refractivity contribution >= 4 is 11.4 Å². The summed E-state index contributed by atoms with van der Waals surface area (Å²) in [7, 11) is 0. The summed E-state index contributed by atoms with van der Waals surface area (Å²) >= 11 is 0. The maximum atomic E-state index is 10.9. The number of hydrogen-bond donors (Lipinski definition) is 3. The van der Waals surface area contributed by atoms with Gasteiger partial charge in [-0.2, -0.15) is 0 Å². The van der Waals surface area contributed by atoms with E-state index in [4.69, 9.17) is 14.6 Å². The van der Waals surface area contributed by atoms with E-state index in [9.17, 15) is 30.4 Å². The Morgan fingerprint density at radius 1 is 1.18 bits per heavy atom. The van der Waals surface area contributed by atoms with Crippen LogP contribution in [0.15, 0.2) is 18.2 Å². The van der Waals surface area contributed by atoms with Crippen LogP contribution in [0.2, 0.25) is 0 Å². The van der Waals surface area contributed by atoms with Gasteiger partial charge in [-0.05, 0) is 6.07 Å². The van der Waals surface area contributed by atoms with Gasteiger partial charge in [-0.1, -0.05) is 0 Å². The average Bonchev–Trinajstić information content (AvgIpc) is 2.75. The number of nitro benzene ring substituents is 2. The van der Waals surface area contributed by atoms with E-state index in [1.54, 1.807) is 0 Å². The normalized spacial score (nSPS) is 27.6. The largest absolute Gasteiger partial charge is 0.455 e. The molecule has 1 fully saturated rings. The Morgan fingerprint density at radius 2 is 1.86 bits per heavy atom. The van der Waals surface area contributed by atoms with Crippen LogP contribution in [0.5, 0.6) is 5.75 Å². The average molecular weight is 316 g/mol. The summed E-state index contributed by atoms with van der Waals surface area (Å²) < 4.78 is 10.1. The van der Waals surface area contributed by atoms with Gasteiger partial charge in [-0.15, -0.1) is 0 Å². The van der Waals surface area contributed by atoms with Crippen molar-refractivity contribution in [2.45, 2.75) is 24.6 Å². The lowest BCUT2D eigenvalue weighted by Crippen LogP contribution is -2.35. The fraction of sp³-hybridized carbons (Fsp3) is 0.455. The van der Waals surface area contributed by atoms with Crippen LogP contribution in [0.1, 0.15) is 0 Å². The smallest absolute Gasteiger partial charge is 0.317 e. The van der Waals surface area contributed by atoms with E-state index in [1.807, 2.05) is 0 Å². The molecule has 3 N–H and O–H groups in total. The highest BCUT2D eigenvalue weighted by atomic mass is 16.7. The highest BCUT2D eigenvalue weighted by molar-refractivity contribution is 5.53. The molecule has 1 aromatic carbocycles. The Labute approximate surface area is 122 Å². The van der Waals surface area contributed by atoms with E-state index < -0.39 is 52.4 Å². The molecule has 0 aliphatic carbocycles. The third-order valence-electron chi connectivity index (χ3n) is 3.09. The Hall–Kier alpha value is -2.34. The molecule has 4 atom stereocenters. The fourth-order valence-electron chi connectivity index (χ4n) is 1.95. The van der Waals surface area contributed by atoms with Gasteiger partial charge in [0.25, 0.3) is 5.69 Å². The van der Waals surface area contributed by atoms with E-state index in [2.05, 4.69) is 0 Å². The number of nitrogens with zero attached hydrogens (tertiary/aromatic N) is 2. The van der Waals surface area contributed by atoms with Crippen LogP contribution in [-0.2, 0) is 4.74 Å². The molecule has 0 aromatic heterocycles. The van der Waals surface area contributed by atoms with Gasteiger partial charge in [0.05, 0.1) is 22.5 Å². The van der Waals surface area contributed by atoms with Crippen molar-refractivity contribution in [2.24, 2.45) is 0 Å². The van der Waals surface area contributed by atoms with E-state index in [0.29, 0.717) is 6.07 Å². The number of aliphatic hydroxyl groups excluding tert-OH is 3. The summed E-state index contributed by atoms with van der Waals surface area (Å²) in [5.41, 5.74) is -1.19. The van der Waals surface area contributed by atoms with E-state index >= 15 is 0 Å². The fourth-order valence-corrected chi connectivity index (χ4v) is 1.95. The van der Waals surface area contributed by atoms with Crippen LogP contribution >= 0.6 is 0 Å². The Morgan fingerprint density at radius 3 is 2.36 bits per heavy atom. The van der Waals surface area contributed by atoms with Gasteiger partial charge >= 0.3 is 5.69 Å². The molecule has 11 heteroatoms. The molecule has 11 nitrogen and oxygen atoms in total. The molecule has 0 saturated carbocycles. The van der Waals surface area contributed by atoms with Gasteiger partial charge < -0.3 is 24.8 Å². The number of rotatable bonds is 5. The lowest BCUT2D eigenvalue weighted by atomic mass is 10.1. The van der Waals surface area contributed by atoms with E-state index in [-0.39, 0.29) is 5.75 Å². The molecule has 0 spiro atoms. The molecular weight excluding hydrogens is 304 g/mol. The number of benzene rings is 1. The van der Waals surface area contributed by atoms with E-state index in [1.165, 1.54) is 0 Å². The third kappa shape index (κ3) is 2.96. The second-order valence-electron chi connectivity index (χ2n) is 4.49. The first-order valence-corrected chi connectivity index (χ1v) is 6.07. The monoisotopic (exact) mass is 316 g/mol. The zero-order chi connectivity index (χ0) is 16.4. The molecule has 1 heterocycles.